The third-order valence-corrected chi connectivity index (χ3v) is 2.61. The molecule has 0 amide bonds. The molecule has 0 aromatic heterocycles. The third-order valence-electron chi connectivity index (χ3n) is 2.61. The Hall–Kier alpha value is -2.30. The Balaban J connectivity index is 1.85. The van der Waals surface area contributed by atoms with Gasteiger partial charge in [-0.3, -0.25) is 0 Å². The van der Waals surface area contributed by atoms with Crippen LogP contribution in [0.1, 0.15) is 23.1 Å². The monoisotopic (exact) mass is 279 g/mol. The van der Waals surface area contributed by atoms with E-state index in [1.165, 1.54) is 42.6 Å². The van der Waals surface area contributed by atoms with Gasteiger partial charge in [0.25, 0.3) is 6.43 Å². The molecule has 0 atom stereocenters. The van der Waals surface area contributed by atoms with Gasteiger partial charge in [0.15, 0.2) is 0 Å². The molecule has 2 aromatic carbocycles. The van der Waals surface area contributed by atoms with Crippen molar-refractivity contribution in [3.8, 4) is 0 Å². The maximum atomic E-state index is 12.7. The molecule has 0 aliphatic carbocycles. The number of halogens is 3. The highest BCUT2D eigenvalue weighted by Crippen LogP contribution is 2.18. The smallest absolute Gasteiger partial charge is 0.263 e. The Morgan fingerprint density at radius 2 is 1.65 bits per heavy atom. The summed E-state index contributed by atoms with van der Waals surface area (Å²) in [4.78, 5) is 5.04. The molecule has 2 rings (SSSR count). The van der Waals surface area contributed by atoms with Crippen molar-refractivity contribution in [2.24, 2.45) is 5.16 Å². The third kappa shape index (κ3) is 4.12. The first-order valence-corrected chi connectivity index (χ1v) is 5.93. The van der Waals surface area contributed by atoms with Gasteiger partial charge < -0.3 is 4.84 Å². The molecule has 0 N–H and O–H groups in total. The summed E-state index contributed by atoms with van der Waals surface area (Å²) >= 11 is 0. The minimum atomic E-state index is -2.48. The van der Waals surface area contributed by atoms with Crippen molar-refractivity contribution in [1.29, 1.82) is 0 Å². The summed E-state index contributed by atoms with van der Waals surface area (Å²) in [6.07, 6.45) is -1.05. The Morgan fingerprint density at radius 3 is 2.25 bits per heavy atom. The summed E-state index contributed by atoms with van der Waals surface area (Å²) < 4.78 is 37.3. The maximum absolute atomic E-state index is 12.7. The van der Waals surface area contributed by atoms with Crippen molar-refractivity contribution in [3.63, 3.8) is 0 Å². The van der Waals surface area contributed by atoms with E-state index in [-0.39, 0.29) is 18.0 Å². The second-order valence-corrected chi connectivity index (χ2v) is 4.10. The van der Waals surface area contributed by atoms with Gasteiger partial charge in [0.05, 0.1) is 6.21 Å². The van der Waals surface area contributed by atoms with Gasteiger partial charge in [0.2, 0.25) is 0 Å². The number of oxime groups is 1. The Morgan fingerprint density at radius 1 is 1.00 bits per heavy atom. The lowest BCUT2D eigenvalue weighted by Crippen LogP contribution is -1.89. The molecule has 104 valence electrons. The molecular formula is C15H12F3NO. The van der Waals surface area contributed by atoms with Gasteiger partial charge in [-0.15, -0.1) is 0 Å². The van der Waals surface area contributed by atoms with Crippen LogP contribution in [0.2, 0.25) is 0 Å². The standard InChI is InChI=1S/C15H12F3NO/c16-14-7-3-12(4-8-14)10-20-19-9-11-1-5-13(6-2-11)15(17)18/h1-9,15H,10H2. The summed E-state index contributed by atoms with van der Waals surface area (Å²) in [5.74, 6) is -0.309. The number of alkyl halides is 2. The number of hydrogen-bond acceptors (Lipinski definition) is 2. The summed E-state index contributed by atoms with van der Waals surface area (Å²) in [5, 5.41) is 3.73. The van der Waals surface area contributed by atoms with E-state index >= 15 is 0 Å². The van der Waals surface area contributed by atoms with E-state index in [0.29, 0.717) is 5.56 Å². The molecule has 0 aliphatic rings. The Bertz CT molecular complexity index is 565. The van der Waals surface area contributed by atoms with E-state index < -0.39 is 6.43 Å². The van der Waals surface area contributed by atoms with Crippen molar-refractivity contribution in [3.05, 3.63) is 71.0 Å². The maximum Gasteiger partial charge on any atom is 0.263 e. The summed E-state index contributed by atoms with van der Waals surface area (Å²) in [7, 11) is 0. The van der Waals surface area contributed by atoms with Crippen LogP contribution in [0.3, 0.4) is 0 Å². The van der Waals surface area contributed by atoms with Gasteiger partial charge >= 0.3 is 0 Å². The van der Waals surface area contributed by atoms with E-state index in [0.717, 1.165) is 5.56 Å². The Labute approximate surface area is 114 Å². The van der Waals surface area contributed by atoms with Crippen molar-refractivity contribution >= 4 is 6.21 Å². The zero-order chi connectivity index (χ0) is 14.4. The van der Waals surface area contributed by atoms with Gasteiger partial charge in [-0.1, -0.05) is 41.6 Å². The lowest BCUT2D eigenvalue weighted by Gasteiger charge is -2.00. The summed E-state index contributed by atoms with van der Waals surface area (Å²) in [6, 6.07) is 11.6. The molecule has 0 aliphatic heterocycles. The van der Waals surface area contributed by atoms with Crippen molar-refractivity contribution in [1.82, 2.24) is 0 Å². The van der Waals surface area contributed by atoms with Gasteiger partial charge in [0.1, 0.15) is 12.4 Å². The van der Waals surface area contributed by atoms with E-state index in [9.17, 15) is 13.2 Å². The van der Waals surface area contributed by atoms with Crippen LogP contribution < -0.4 is 0 Å². The summed E-state index contributed by atoms with van der Waals surface area (Å²) in [5.41, 5.74) is 1.42. The first kappa shape index (κ1) is 14.1. The lowest BCUT2D eigenvalue weighted by atomic mass is 10.1. The molecule has 5 heteroatoms. The fourth-order valence-corrected chi connectivity index (χ4v) is 1.52. The first-order chi connectivity index (χ1) is 9.65. The molecule has 0 saturated heterocycles. The van der Waals surface area contributed by atoms with Crippen molar-refractivity contribution in [2.45, 2.75) is 13.0 Å². The predicted octanol–water partition coefficient (Wildman–Crippen LogP) is 4.31. The highest BCUT2D eigenvalue weighted by Gasteiger charge is 2.04. The van der Waals surface area contributed by atoms with Gasteiger partial charge in [-0.05, 0) is 23.3 Å². The fraction of sp³-hybridized carbons (Fsp3) is 0.133. The van der Waals surface area contributed by atoms with Crippen molar-refractivity contribution in [2.75, 3.05) is 0 Å². The van der Waals surface area contributed by atoms with Crippen LogP contribution in [0.4, 0.5) is 13.2 Å². The normalized spacial score (nSPS) is 11.2. The molecule has 0 unspecified atom stereocenters. The molecule has 0 saturated carbocycles. The second kappa shape index (κ2) is 6.75. The molecule has 2 nitrogen and oxygen atoms in total. The van der Waals surface area contributed by atoms with Gasteiger partial charge in [-0.2, -0.15) is 0 Å². The van der Waals surface area contributed by atoms with Gasteiger partial charge in [-0.25, -0.2) is 13.2 Å². The molecule has 0 fully saturated rings. The molecule has 20 heavy (non-hydrogen) atoms. The van der Waals surface area contributed by atoms with Crippen LogP contribution in [0, 0.1) is 5.82 Å². The average Bonchev–Trinajstić information content (AvgIpc) is 2.46. The molecule has 2 aromatic rings. The van der Waals surface area contributed by atoms with E-state index in [2.05, 4.69) is 5.16 Å². The SMILES string of the molecule is Fc1ccc(CON=Cc2ccc(C(F)F)cc2)cc1. The topological polar surface area (TPSA) is 21.6 Å². The van der Waals surface area contributed by atoms with E-state index in [4.69, 9.17) is 4.84 Å². The Kier molecular flexibility index (Phi) is 4.76. The molecule has 0 heterocycles. The molecule has 0 bridgehead atoms. The lowest BCUT2D eigenvalue weighted by molar-refractivity contribution is 0.132. The largest absolute Gasteiger partial charge is 0.391 e. The van der Waals surface area contributed by atoms with Gasteiger partial charge in [0, 0.05) is 5.56 Å². The quantitative estimate of drug-likeness (QED) is 0.590. The zero-order valence-electron chi connectivity index (χ0n) is 10.5. The highest BCUT2D eigenvalue weighted by molar-refractivity contribution is 5.79. The van der Waals surface area contributed by atoms with Crippen molar-refractivity contribution < 1.29 is 18.0 Å². The minimum absolute atomic E-state index is 0.0330. The van der Waals surface area contributed by atoms with Crippen LogP contribution in [0.5, 0.6) is 0 Å². The predicted molar refractivity (Wildman–Crippen MR) is 70.2 cm³/mol. The molecule has 0 radical (unpaired) electrons. The van der Waals surface area contributed by atoms with Crippen LogP contribution in [-0.4, -0.2) is 6.21 Å². The van der Waals surface area contributed by atoms with E-state index in [1.807, 2.05) is 0 Å². The van der Waals surface area contributed by atoms with Crippen LogP contribution in [0.15, 0.2) is 53.7 Å². The number of hydrogen-bond donors (Lipinski definition) is 0. The first-order valence-electron chi connectivity index (χ1n) is 5.93. The zero-order valence-corrected chi connectivity index (χ0v) is 10.5. The number of rotatable bonds is 5. The fourth-order valence-electron chi connectivity index (χ4n) is 1.52. The number of nitrogens with zero attached hydrogens (tertiary/aromatic N) is 1. The van der Waals surface area contributed by atoms with E-state index in [1.54, 1.807) is 12.1 Å². The number of benzene rings is 2. The molecular weight excluding hydrogens is 267 g/mol. The highest BCUT2D eigenvalue weighted by atomic mass is 19.3. The molecule has 0 spiro atoms. The minimum Gasteiger partial charge on any atom is -0.391 e. The van der Waals surface area contributed by atoms with Crippen LogP contribution >= 0.6 is 0 Å². The van der Waals surface area contributed by atoms with Crippen LogP contribution in [-0.2, 0) is 11.4 Å². The summed E-state index contributed by atoms with van der Waals surface area (Å²) in [6.45, 7) is 0.214. The second-order valence-electron chi connectivity index (χ2n) is 4.10. The average molecular weight is 279 g/mol. The van der Waals surface area contributed by atoms with Crippen LogP contribution in [0.25, 0.3) is 0 Å².